The maximum absolute atomic E-state index is 12.9. The standard InChI is InChI=1S/C21H23ClN4O5/c1-24-17-16(19(29)25(2)20(24)30)14(18(28)23-17)11-15(27)26-9-7-21(31,8-10-26)12-3-5-13(22)6-4-12/h3-6,14,31H,7-11H2,1-2H3,(H,23,28)/t14-/m0/s1. The van der Waals surface area contributed by atoms with Crippen LogP contribution in [0.5, 0.6) is 0 Å². The van der Waals surface area contributed by atoms with Gasteiger partial charge >= 0.3 is 5.69 Å². The number of rotatable bonds is 3. The number of amides is 2. The lowest BCUT2D eigenvalue weighted by Crippen LogP contribution is -2.46. The Morgan fingerprint density at radius 1 is 1.13 bits per heavy atom. The Bertz CT molecular complexity index is 1180. The molecule has 2 aliphatic rings. The summed E-state index contributed by atoms with van der Waals surface area (Å²) in [6, 6.07) is 6.99. The van der Waals surface area contributed by atoms with Crippen LogP contribution in [-0.2, 0) is 29.3 Å². The molecular weight excluding hydrogens is 424 g/mol. The van der Waals surface area contributed by atoms with Gasteiger partial charge in [0, 0.05) is 38.6 Å². The Balaban J connectivity index is 1.50. The van der Waals surface area contributed by atoms with Crippen molar-refractivity contribution < 1.29 is 14.7 Å². The zero-order chi connectivity index (χ0) is 22.5. The van der Waals surface area contributed by atoms with E-state index in [1.54, 1.807) is 29.2 Å². The fourth-order valence-corrected chi connectivity index (χ4v) is 4.47. The van der Waals surface area contributed by atoms with Crippen molar-refractivity contribution in [2.24, 2.45) is 14.1 Å². The fraction of sp³-hybridized carbons (Fsp3) is 0.429. The molecule has 2 amide bonds. The van der Waals surface area contributed by atoms with Crippen LogP contribution in [0.15, 0.2) is 33.9 Å². The first kappa shape index (κ1) is 21.3. The molecule has 0 saturated carbocycles. The maximum atomic E-state index is 12.9. The lowest BCUT2D eigenvalue weighted by molar-refractivity contribution is -0.137. The van der Waals surface area contributed by atoms with E-state index in [1.165, 1.54) is 18.7 Å². The van der Waals surface area contributed by atoms with E-state index in [0.29, 0.717) is 31.0 Å². The van der Waals surface area contributed by atoms with Crippen LogP contribution in [0.1, 0.15) is 36.3 Å². The van der Waals surface area contributed by atoms with Crippen LogP contribution in [0.4, 0.5) is 5.82 Å². The largest absolute Gasteiger partial charge is 0.385 e. The summed E-state index contributed by atoms with van der Waals surface area (Å²) in [5.74, 6) is -1.56. The summed E-state index contributed by atoms with van der Waals surface area (Å²) in [6.07, 6.45) is 0.528. The molecule has 164 valence electrons. The maximum Gasteiger partial charge on any atom is 0.332 e. The van der Waals surface area contributed by atoms with Crippen LogP contribution in [0.3, 0.4) is 0 Å². The smallest absolute Gasteiger partial charge is 0.332 e. The average molecular weight is 447 g/mol. The van der Waals surface area contributed by atoms with Gasteiger partial charge in [-0.1, -0.05) is 23.7 Å². The number of halogens is 1. The van der Waals surface area contributed by atoms with Gasteiger partial charge in [0.05, 0.1) is 17.1 Å². The minimum Gasteiger partial charge on any atom is -0.385 e. The van der Waals surface area contributed by atoms with Gasteiger partial charge in [-0.25, -0.2) is 4.79 Å². The molecule has 4 rings (SSSR count). The van der Waals surface area contributed by atoms with E-state index in [2.05, 4.69) is 5.32 Å². The van der Waals surface area contributed by atoms with Gasteiger partial charge in [-0.15, -0.1) is 0 Å². The number of aromatic nitrogens is 2. The number of nitrogens with zero attached hydrogens (tertiary/aromatic N) is 3. The molecule has 0 aliphatic carbocycles. The van der Waals surface area contributed by atoms with Crippen molar-refractivity contribution in [1.82, 2.24) is 14.0 Å². The third-order valence-corrected chi connectivity index (χ3v) is 6.56. The minimum atomic E-state index is -1.05. The molecule has 0 radical (unpaired) electrons. The summed E-state index contributed by atoms with van der Waals surface area (Å²) in [5, 5.41) is 14.1. The summed E-state index contributed by atoms with van der Waals surface area (Å²) in [4.78, 5) is 51.7. The molecule has 2 aromatic rings. The number of aliphatic hydroxyl groups is 1. The summed E-state index contributed by atoms with van der Waals surface area (Å²) >= 11 is 5.92. The third-order valence-electron chi connectivity index (χ3n) is 6.31. The molecule has 2 aliphatic heterocycles. The Hall–Kier alpha value is -2.91. The Morgan fingerprint density at radius 3 is 2.35 bits per heavy atom. The van der Waals surface area contributed by atoms with Crippen LogP contribution < -0.4 is 16.6 Å². The predicted molar refractivity (Wildman–Crippen MR) is 114 cm³/mol. The van der Waals surface area contributed by atoms with Gasteiger partial charge in [0.15, 0.2) is 0 Å². The van der Waals surface area contributed by atoms with Gasteiger partial charge in [0.1, 0.15) is 5.82 Å². The number of hydrogen-bond acceptors (Lipinski definition) is 5. The minimum absolute atomic E-state index is 0.137. The molecule has 2 N–H and O–H groups in total. The van der Waals surface area contributed by atoms with Gasteiger partial charge < -0.3 is 15.3 Å². The molecule has 1 atom stereocenters. The molecule has 1 aromatic heterocycles. The van der Waals surface area contributed by atoms with E-state index >= 15 is 0 Å². The number of piperidine rings is 1. The number of fused-ring (bicyclic) bond motifs is 1. The van der Waals surface area contributed by atoms with E-state index in [9.17, 15) is 24.3 Å². The third kappa shape index (κ3) is 3.57. The molecule has 0 bridgehead atoms. The highest BCUT2D eigenvalue weighted by Crippen LogP contribution is 2.35. The van der Waals surface area contributed by atoms with Gasteiger partial charge in [-0.05, 0) is 30.5 Å². The SMILES string of the molecule is Cn1c2c(c(=O)n(C)c1=O)[C@H](CC(=O)N1CCC(O)(c3ccc(Cl)cc3)CC1)C(=O)N2. The fourth-order valence-electron chi connectivity index (χ4n) is 4.34. The van der Waals surface area contributed by atoms with Crippen molar-refractivity contribution in [2.45, 2.75) is 30.8 Å². The molecule has 0 spiro atoms. The van der Waals surface area contributed by atoms with Crippen LogP contribution in [0.2, 0.25) is 5.02 Å². The van der Waals surface area contributed by atoms with Crippen LogP contribution in [0, 0.1) is 0 Å². The van der Waals surface area contributed by atoms with Gasteiger partial charge in [0.2, 0.25) is 11.8 Å². The topological polar surface area (TPSA) is 114 Å². The van der Waals surface area contributed by atoms with Gasteiger partial charge in [-0.3, -0.25) is 23.5 Å². The molecule has 31 heavy (non-hydrogen) atoms. The van der Waals surface area contributed by atoms with Crippen LogP contribution >= 0.6 is 11.6 Å². The van der Waals surface area contributed by atoms with E-state index in [0.717, 1.165) is 10.1 Å². The number of likely N-dealkylation sites (tertiary alicyclic amines) is 1. The average Bonchev–Trinajstić information content (AvgIpc) is 3.07. The first-order chi connectivity index (χ1) is 14.6. The van der Waals surface area contributed by atoms with Crippen LogP contribution in [0.25, 0.3) is 0 Å². The van der Waals surface area contributed by atoms with E-state index in [1.807, 2.05) is 0 Å². The molecular formula is C21H23ClN4O5. The number of benzene rings is 1. The molecule has 0 unspecified atom stereocenters. The van der Waals surface area contributed by atoms with Crippen molar-refractivity contribution in [3.8, 4) is 0 Å². The molecule has 1 saturated heterocycles. The normalized spacial score (nSPS) is 19.8. The summed E-state index contributed by atoms with van der Waals surface area (Å²) in [5.41, 5.74) is -1.29. The summed E-state index contributed by atoms with van der Waals surface area (Å²) < 4.78 is 2.13. The molecule has 9 nitrogen and oxygen atoms in total. The van der Waals surface area contributed by atoms with Crippen molar-refractivity contribution in [1.29, 1.82) is 0 Å². The van der Waals surface area contributed by atoms with E-state index in [4.69, 9.17) is 11.6 Å². The highest BCUT2D eigenvalue weighted by molar-refractivity contribution is 6.30. The second kappa shape index (κ2) is 7.65. The summed E-state index contributed by atoms with van der Waals surface area (Å²) in [6.45, 7) is 0.648. The number of nitrogens with one attached hydrogen (secondary N) is 1. The zero-order valence-corrected chi connectivity index (χ0v) is 18.0. The van der Waals surface area contributed by atoms with Crippen molar-refractivity contribution in [2.75, 3.05) is 18.4 Å². The van der Waals surface area contributed by atoms with Crippen molar-refractivity contribution in [3.05, 3.63) is 61.3 Å². The Kier molecular flexibility index (Phi) is 5.26. The predicted octanol–water partition coefficient (Wildman–Crippen LogP) is 0.673. The second-order valence-electron chi connectivity index (χ2n) is 8.13. The molecule has 1 aromatic carbocycles. The number of carbonyl (C=O) groups excluding carboxylic acids is 2. The lowest BCUT2D eigenvalue weighted by Gasteiger charge is -2.38. The quantitative estimate of drug-likeness (QED) is 0.719. The Morgan fingerprint density at radius 2 is 1.74 bits per heavy atom. The second-order valence-corrected chi connectivity index (χ2v) is 8.57. The first-order valence-electron chi connectivity index (χ1n) is 9.99. The highest BCUT2D eigenvalue weighted by atomic mass is 35.5. The number of carbonyl (C=O) groups is 2. The Labute approximate surface area is 182 Å². The number of anilines is 1. The zero-order valence-electron chi connectivity index (χ0n) is 17.2. The van der Waals surface area contributed by atoms with Crippen molar-refractivity contribution >= 4 is 29.2 Å². The number of hydrogen-bond donors (Lipinski definition) is 2. The summed E-state index contributed by atoms with van der Waals surface area (Å²) in [7, 11) is 2.81. The van der Waals surface area contributed by atoms with E-state index < -0.39 is 28.7 Å². The van der Waals surface area contributed by atoms with Gasteiger partial charge in [0.25, 0.3) is 5.56 Å². The molecule has 3 heterocycles. The van der Waals surface area contributed by atoms with Gasteiger partial charge in [-0.2, -0.15) is 0 Å². The van der Waals surface area contributed by atoms with Crippen molar-refractivity contribution in [3.63, 3.8) is 0 Å². The highest BCUT2D eigenvalue weighted by Gasteiger charge is 2.40. The lowest BCUT2D eigenvalue weighted by atomic mass is 9.84. The van der Waals surface area contributed by atoms with Crippen LogP contribution in [-0.4, -0.2) is 44.0 Å². The monoisotopic (exact) mass is 446 g/mol. The van der Waals surface area contributed by atoms with E-state index in [-0.39, 0.29) is 23.7 Å². The molecule has 10 heteroatoms. The first-order valence-corrected chi connectivity index (χ1v) is 10.4. The molecule has 1 fully saturated rings.